The van der Waals surface area contributed by atoms with Crippen molar-refractivity contribution in [3.8, 4) is 0 Å². The van der Waals surface area contributed by atoms with Crippen molar-refractivity contribution in [2.45, 2.75) is 19.9 Å². The molecule has 2 rings (SSSR count). The summed E-state index contributed by atoms with van der Waals surface area (Å²) in [6.45, 7) is 4.17. The molecule has 1 amide bonds. The molecule has 0 aliphatic rings. The van der Waals surface area contributed by atoms with Gasteiger partial charge in [-0.05, 0) is 61.5 Å². The Hall–Kier alpha value is -2.40. The van der Waals surface area contributed by atoms with Gasteiger partial charge in [0.15, 0.2) is 5.11 Å². The number of carbonyl (C=O) groups excluding carboxylic acids is 1. The molecule has 0 aliphatic heterocycles. The first-order chi connectivity index (χ1) is 11.4. The van der Waals surface area contributed by atoms with Crippen LogP contribution in [-0.2, 0) is 0 Å². The van der Waals surface area contributed by atoms with Crippen LogP contribution in [0.25, 0.3) is 0 Å². The van der Waals surface area contributed by atoms with Gasteiger partial charge < -0.3 is 15.5 Å². The fourth-order valence-electron chi connectivity index (χ4n) is 2.47. The SMILES string of the molecule is Cc1ccccc1[C@H](C)NC(=S)Nc1ccc(C(=O)N(C)C)cc1. The third-order valence-corrected chi connectivity index (χ3v) is 4.02. The Morgan fingerprint density at radius 3 is 2.29 bits per heavy atom. The Kier molecular flexibility index (Phi) is 5.93. The summed E-state index contributed by atoms with van der Waals surface area (Å²) in [5.41, 5.74) is 3.94. The molecule has 2 aromatic rings. The Bertz CT molecular complexity index is 726. The average Bonchev–Trinajstić information content (AvgIpc) is 2.55. The summed E-state index contributed by atoms with van der Waals surface area (Å²) >= 11 is 5.38. The van der Waals surface area contributed by atoms with Gasteiger partial charge in [0.1, 0.15) is 0 Å². The van der Waals surface area contributed by atoms with Crippen molar-refractivity contribution in [3.05, 3.63) is 65.2 Å². The molecule has 1 atom stereocenters. The summed E-state index contributed by atoms with van der Waals surface area (Å²) in [5, 5.41) is 6.99. The van der Waals surface area contributed by atoms with E-state index < -0.39 is 0 Å². The van der Waals surface area contributed by atoms with Crippen LogP contribution in [0.4, 0.5) is 5.69 Å². The zero-order chi connectivity index (χ0) is 17.7. The van der Waals surface area contributed by atoms with Crippen LogP contribution >= 0.6 is 12.2 Å². The van der Waals surface area contributed by atoms with E-state index in [0.717, 1.165) is 5.69 Å². The normalized spacial score (nSPS) is 11.5. The van der Waals surface area contributed by atoms with E-state index in [1.54, 1.807) is 31.1 Å². The van der Waals surface area contributed by atoms with E-state index in [2.05, 4.69) is 36.6 Å². The largest absolute Gasteiger partial charge is 0.356 e. The smallest absolute Gasteiger partial charge is 0.253 e. The minimum absolute atomic E-state index is 0.0181. The molecule has 0 fully saturated rings. The average molecular weight is 341 g/mol. The highest BCUT2D eigenvalue weighted by atomic mass is 32.1. The molecule has 4 nitrogen and oxygen atoms in total. The molecule has 2 N–H and O–H groups in total. The first-order valence-corrected chi connectivity index (χ1v) is 8.24. The monoisotopic (exact) mass is 341 g/mol. The molecule has 0 saturated carbocycles. The van der Waals surface area contributed by atoms with Gasteiger partial charge in [-0.25, -0.2) is 0 Å². The van der Waals surface area contributed by atoms with E-state index >= 15 is 0 Å². The predicted octanol–water partition coefficient (Wildman–Crippen LogP) is 3.74. The summed E-state index contributed by atoms with van der Waals surface area (Å²) in [6, 6.07) is 15.6. The Balaban J connectivity index is 1.97. The molecule has 0 radical (unpaired) electrons. The van der Waals surface area contributed by atoms with Crippen LogP contribution in [-0.4, -0.2) is 30.0 Å². The number of benzene rings is 2. The number of hydrogen-bond acceptors (Lipinski definition) is 2. The van der Waals surface area contributed by atoms with Crippen molar-refractivity contribution in [1.82, 2.24) is 10.2 Å². The number of hydrogen-bond donors (Lipinski definition) is 2. The van der Waals surface area contributed by atoms with Crippen LogP contribution in [0.5, 0.6) is 0 Å². The van der Waals surface area contributed by atoms with Gasteiger partial charge in [0.05, 0.1) is 6.04 Å². The van der Waals surface area contributed by atoms with Crippen molar-refractivity contribution < 1.29 is 4.79 Å². The van der Waals surface area contributed by atoms with Gasteiger partial charge in [-0.1, -0.05) is 24.3 Å². The number of anilines is 1. The van der Waals surface area contributed by atoms with Gasteiger partial charge in [0.2, 0.25) is 0 Å². The lowest BCUT2D eigenvalue weighted by Gasteiger charge is -2.19. The standard InChI is InChI=1S/C19H23N3OS/c1-13-7-5-6-8-17(13)14(2)20-19(24)21-16-11-9-15(10-12-16)18(23)22(3)4/h5-12,14H,1-4H3,(H2,20,21,24)/t14-/m0/s1. The maximum absolute atomic E-state index is 11.9. The summed E-state index contributed by atoms with van der Waals surface area (Å²) < 4.78 is 0. The minimum atomic E-state index is -0.0181. The van der Waals surface area contributed by atoms with Gasteiger partial charge in [-0.2, -0.15) is 0 Å². The highest BCUT2D eigenvalue weighted by Crippen LogP contribution is 2.17. The summed E-state index contributed by atoms with van der Waals surface area (Å²) in [5.74, 6) is -0.0181. The highest BCUT2D eigenvalue weighted by Gasteiger charge is 2.10. The number of carbonyl (C=O) groups is 1. The second kappa shape index (κ2) is 7.93. The molecule has 0 aliphatic carbocycles. The molecule has 0 unspecified atom stereocenters. The van der Waals surface area contributed by atoms with Crippen LogP contribution in [0.15, 0.2) is 48.5 Å². The lowest BCUT2D eigenvalue weighted by Crippen LogP contribution is -2.31. The number of amides is 1. The Morgan fingerprint density at radius 2 is 1.71 bits per heavy atom. The molecule has 24 heavy (non-hydrogen) atoms. The fraction of sp³-hybridized carbons (Fsp3) is 0.263. The van der Waals surface area contributed by atoms with Crippen molar-refractivity contribution in [1.29, 1.82) is 0 Å². The van der Waals surface area contributed by atoms with Gasteiger partial charge in [-0.15, -0.1) is 0 Å². The molecule has 0 heterocycles. The maximum atomic E-state index is 11.9. The van der Waals surface area contributed by atoms with Gasteiger partial charge in [0, 0.05) is 25.3 Å². The summed E-state index contributed by atoms with van der Waals surface area (Å²) in [6.07, 6.45) is 0. The fourth-order valence-corrected chi connectivity index (χ4v) is 2.76. The van der Waals surface area contributed by atoms with E-state index in [1.807, 2.05) is 24.3 Å². The topological polar surface area (TPSA) is 44.4 Å². The quantitative estimate of drug-likeness (QED) is 0.832. The van der Waals surface area contributed by atoms with E-state index in [1.165, 1.54) is 11.1 Å². The molecule has 0 spiro atoms. The number of nitrogens with zero attached hydrogens (tertiary/aromatic N) is 1. The third kappa shape index (κ3) is 4.55. The number of rotatable bonds is 4. The molecular weight excluding hydrogens is 318 g/mol. The van der Waals surface area contributed by atoms with Crippen LogP contribution in [0.1, 0.15) is 34.5 Å². The molecule has 0 bridgehead atoms. The first-order valence-electron chi connectivity index (χ1n) is 7.83. The molecule has 126 valence electrons. The van der Waals surface area contributed by atoms with Gasteiger partial charge >= 0.3 is 0 Å². The zero-order valence-corrected chi connectivity index (χ0v) is 15.3. The van der Waals surface area contributed by atoms with Gasteiger partial charge in [0.25, 0.3) is 5.91 Å². The number of thiocarbonyl (C=S) groups is 1. The van der Waals surface area contributed by atoms with Crippen LogP contribution in [0.2, 0.25) is 0 Å². The van der Waals surface area contributed by atoms with Crippen molar-refractivity contribution >= 4 is 28.9 Å². The Labute approximate surface area is 148 Å². The highest BCUT2D eigenvalue weighted by molar-refractivity contribution is 7.80. The second-order valence-electron chi connectivity index (χ2n) is 5.95. The molecule has 5 heteroatoms. The summed E-state index contributed by atoms with van der Waals surface area (Å²) in [7, 11) is 3.47. The molecule has 0 saturated heterocycles. The number of aryl methyl sites for hydroxylation is 1. The van der Waals surface area contributed by atoms with Crippen LogP contribution in [0, 0.1) is 6.92 Å². The van der Waals surface area contributed by atoms with E-state index in [9.17, 15) is 4.79 Å². The molecule has 0 aromatic heterocycles. The maximum Gasteiger partial charge on any atom is 0.253 e. The third-order valence-electron chi connectivity index (χ3n) is 3.80. The van der Waals surface area contributed by atoms with E-state index in [-0.39, 0.29) is 11.9 Å². The van der Waals surface area contributed by atoms with Crippen LogP contribution in [0.3, 0.4) is 0 Å². The lowest BCUT2D eigenvalue weighted by molar-refractivity contribution is 0.0827. The van der Waals surface area contributed by atoms with E-state index in [0.29, 0.717) is 10.7 Å². The van der Waals surface area contributed by atoms with Crippen molar-refractivity contribution in [3.63, 3.8) is 0 Å². The first kappa shape index (κ1) is 17.9. The minimum Gasteiger partial charge on any atom is -0.356 e. The molecule has 2 aromatic carbocycles. The lowest BCUT2D eigenvalue weighted by atomic mass is 10.0. The van der Waals surface area contributed by atoms with E-state index in [4.69, 9.17) is 12.2 Å². The van der Waals surface area contributed by atoms with Crippen LogP contribution < -0.4 is 10.6 Å². The summed E-state index contributed by atoms with van der Waals surface area (Å²) in [4.78, 5) is 13.4. The number of nitrogens with one attached hydrogen (secondary N) is 2. The Morgan fingerprint density at radius 1 is 1.08 bits per heavy atom. The van der Waals surface area contributed by atoms with Crippen molar-refractivity contribution in [2.24, 2.45) is 0 Å². The predicted molar refractivity (Wildman–Crippen MR) is 103 cm³/mol. The van der Waals surface area contributed by atoms with Crippen molar-refractivity contribution in [2.75, 3.05) is 19.4 Å². The second-order valence-corrected chi connectivity index (χ2v) is 6.36. The van der Waals surface area contributed by atoms with Gasteiger partial charge in [-0.3, -0.25) is 4.79 Å². The zero-order valence-electron chi connectivity index (χ0n) is 14.5. The molecular formula is C19H23N3OS.